The lowest BCUT2D eigenvalue weighted by molar-refractivity contribution is -0.147. The van der Waals surface area contributed by atoms with Crippen LogP contribution in [0.2, 0.25) is 0 Å². The van der Waals surface area contributed by atoms with Crippen molar-refractivity contribution >= 4 is 17.8 Å². The molecule has 0 aromatic heterocycles. The van der Waals surface area contributed by atoms with Gasteiger partial charge in [0, 0.05) is 12.7 Å². The highest BCUT2D eigenvalue weighted by Gasteiger charge is 2.25. The van der Waals surface area contributed by atoms with E-state index < -0.39 is 30.3 Å². The van der Waals surface area contributed by atoms with E-state index in [1.54, 1.807) is 24.3 Å². The highest BCUT2D eigenvalue weighted by Crippen LogP contribution is 2.10. The van der Waals surface area contributed by atoms with E-state index in [1.807, 2.05) is 0 Å². The lowest BCUT2D eigenvalue weighted by Crippen LogP contribution is -2.42. The molecular formula is C14H17NO6. The lowest BCUT2D eigenvalue weighted by Gasteiger charge is -2.15. The molecule has 21 heavy (non-hydrogen) atoms. The van der Waals surface area contributed by atoms with E-state index in [1.165, 1.54) is 7.11 Å². The number of carboxylic acid groups (broad SMARTS) is 1. The molecule has 1 aromatic carbocycles. The Morgan fingerprint density at radius 1 is 1.24 bits per heavy atom. The zero-order chi connectivity index (χ0) is 15.8. The third-order valence-electron chi connectivity index (χ3n) is 2.76. The van der Waals surface area contributed by atoms with E-state index >= 15 is 0 Å². The molecule has 1 aromatic rings. The first-order valence-electron chi connectivity index (χ1n) is 6.17. The highest BCUT2D eigenvalue weighted by atomic mass is 16.5. The summed E-state index contributed by atoms with van der Waals surface area (Å²) in [4.78, 5) is 34.4. The molecule has 7 nitrogen and oxygen atoms in total. The first-order chi connectivity index (χ1) is 9.99. The summed E-state index contributed by atoms with van der Waals surface area (Å²) in [5, 5.41) is 11.3. The molecule has 0 fully saturated rings. The van der Waals surface area contributed by atoms with Crippen LogP contribution in [0.3, 0.4) is 0 Å². The van der Waals surface area contributed by atoms with E-state index in [0.717, 1.165) is 7.11 Å². The average Bonchev–Trinajstić information content (AvgIpc) is 2.47. The van der Waals surface area contributed by atoms with Crippen molar-refractivity contribution in [2.24, 2.45) is 0 Å². The van der Waals surface area contributed by atoms with Crippen molar-refractivity contribution in [3.05, 3.63) is 35.4 Å². The second-order valence-corrected chi connectivity index (χ2v) is 4.23. The Hall–Kier alpha value is -2.41. The van der Waals surface area contributed by atoms with Gasteiger partial charge in [0.15, 0.2) is 0 Å². The number of ether oxygens (including phenoxy) is 2. The summed E-state index contributed by atoms with van der Waals surface area (Å²) in [7, 11) is 2.64. The molecule has 0 aliphatic rings. The Balaban J connectivity index is 2.87. The van der Waals surface area contributed by atoms with Crippen LogP contribution in [0.4, 0.5) is 0 Å². The first-order valence-corrected chi connectivity index (χ1v) is 6.17. The van der Waals surface area contributed by atoms with Gasteiger partial charge < -0.3 is 19.9 Å². The molecule has 1 atom stereocenters. The van der Waals surface area contributed by atoms with Crippen molar-refractivity contribution in [2.75, 3.05) is 14.2 Å². The zero-order valence-electron chi connectivity index (χ0n) is 11.8. The summed E-state index contributed by atoms with van der Waals surface area (Å²) in [5.41, 5.74) is 0.926. The number of carbonyl (C=O) groups is 3. The highest BCUT2D eigenvalue weighted by molar-refractivity contribution is 5.98. The van der Waals surface area contributed by atoms with Crippen LogP contribution in [-0.2, 0) is 25.7 Å². The molecule has 0 unspecified atom stereocenters. The molecular weight excluding hydrogens is 278 g/mol. The Bertz CT molecular complexity index is 528. The van der Waals surface area contributed by atoms with Crippen molar-refractivity contribution < 1.29 is 29.0 Å². The maximum Gasteiger partial charge on any atom is 0.326 e. The van der Waals surface area contributed by atoms with Gasteiger partial charge in [0.25, 0.3) is 5.91 Å². The van der Waals surface area contributed by atoms with Crippen LogP contribution >= 0.6 is 0 Å². The van der Waals surface area contributed by atoms with Gasteiger partial charge in [0.1, 0.15) is 6.04 Å². The number of amides is 1. The van der Waals surface area contributed by atoms with Gasteiger partial charge in [0.2, 0.25) is 0 Å². The van der Waals surface area contributed by atoms with Gasteiger partial charge in [-0.15, -0.1) is 0 Å². The predicted molar refractivity (Wildman–Crippen MR) is 72.7 cm³/mol. The quantitative estimate of drug-likeness (QED) is 0.713. The van der Waals surface area contributed by atoms with Crippen LogP contribution in [0.5, 0.6) is 0 Å². The monoisotopic (exact) mass is 295 g/mol. The van der Waals surface area contributed by atoms with Crippen molar-refractivity contribution in [1.82, 2.24) is 5.32 Å². The summed E-state index contributed by atoms with van der Waals surface area (Å²) in [6, 6.07) is 5.31. The van der Waals surface area contributed by atoms with E-state index in [-0.39, 0.29) is 6.61 Å². The summed E-state index contributed by atoms with van der Waals surface area (Å²) in [6.45, 7) is 0.221. The van der Waals surface area contributed by atoms with Crippen LogP contribution in [0.25, 0.3) is 0 Å². The second kappa shape index (κ2) is 8.01. The number of aliphatic carboxylic acids is 1. The van der Waals surface area contributed by atoms with Crippen molar-refractivity contribution in [3.63, 3.8) is 0 Å². The molecule has 7 heteroatoms. The van der Waals surface area contributed by atoms with Crippen molar-refractivity contribution in [2.45, 2.75) is 19.1 Å². The number of esters is 1. The third kappa shape index (κ3) is 4.88. The molecule has 0 bridgehead atoms. The van der Waals surface area contributed by atoms with E-state index in [2.05, 4.69) is 10.1 Å². The van der Waals surface area contributed by atoms with E-state index in [0.29, 0.717) is 11.1 Å². The predicted octanol–water partition coefficient (Wildman–Crippen LogP) is 0.579. The van der Waals surface area contributed by atoms with Gasteiger partial charge in [-0.2, -0.15) is 0 Å². The van der Waals surface area contributed by atoms with Crippen molar-refractivity contribution in [1.29, 1.82) is 0 Å². The first kappa shape index (κ1) is 16.6. The van der Waals surface area contributed by atoms with Gasteiger partial charge in [0.05, 0.1) is 20.1 Å². The molecule has 0 heterocycles. The Labute approximate surface area is 121 Å². The fourth-order valence-corrected chi connectivity index (χ4v) is 1.71. The Morgan fingerprint density at radius 2 is 1.90 bits per heavy atom. The number of methoxy groups -OCH3 is 2. The van der Waals surface area contributed by atoms with Crippen molar-refractivity contribution in [3.8, 4) is 0 Å². The van der Waals surface area contributed by atoms with Crippen LogP contribution < -0.4 is 5.32 Å². The van der Waals surface area contributed by atoms with Crippen LogP contribution in [0, 0.1) is 0 Å². The molecule has 1 amide bonds. The van der Waals surface area contributed by atoms with Gasteiger partial charge in [-0.25, -0.2) is 4.79 Å². The molecule has 0 saturated carbocycles. The van der Waals surface area contributed by atoms with Gasteiger partial charge in [-0.1, -0.05) is 18.2 Å². The van der Waals surface area contributed by atoms with Crippen LogP contribution in [-0.4, -0.2) is 43.2 Å². The number of benzene rings is 1. The number of rotatable bonds is 7. The molecule has 114 valence electrons. The molecule has 0 spiro atoms. The summed E-state index contributed by atoms with van der Waals surface area (Å²) in [5.74, 6) is -2.61. The summed E-state index contributed by atoms with van der Waals surface area (Å²) < 4.78 is 9.39. The fraction of sp³-hybridized carbons (Fsp3) is 0.357. The third-order valence-corrected chi connectivity index (χ3v) is 2.76. The number of hydrogen-bond donors (Lipinski definition) is 2. The maximum absolute atomic E-state index is 12.1. The Morgan fingerprint density at radius 3 is 2.48 bits per heavy atom. The smallest absolute Gasteiger partial charge is 0.326 e. The van der Waals surface area contributed by atoms with E-state index in [9.17, 15) is 14.4 Å². The minimum Gasteiger partial charge on any atom is -0.480 e. The minimum atomic E-state index is -1.35. The molecule has 2 N–H and O–H groups in total. The standard InChI is InChI=1S/C14H17NO6/c1-20-8-9-5-3-4-6-10(9)13(17)15-11(14(18)19)7-12(16)21-2/h3-6,11H,7-8H2,1-2H3,(H,15,17)(H,18,19)/t11-/m0/s1. The number of nitrogens with one attached hydrogen (secondary N) is 1. The minimum absolute atomic E-state index is 0.221. The maximum atomic E-state index is 12.1. The summed E-state index contributed by atoms with van der Waals surface area (Å²) >= 11 is 0. The van der Waals surface area contributed by atoms with Gasteiger partial charge >= 0.3 is 11.9 Å². The van der Waals surface area contributed by atoms with Gasteiger partial charge in [-0.05, 0) is 11.6 Å². The largest absolute Gasteiger partial charge is 0.480 e. The molecule has 0 aliphatic carbocycles. The number of carbonyl (C=O) groups excluding carboxylic acids is 2. The fourth-order valence-electron chi connectivity index (χ4n) is 1.71. The molecule has 0 radical (unpaired) electrons. The normalized spacial score (nSPS) is 11.5. The summed E-state index contributed by atoms with van der Waals surface area (Å²) in [6.07, 6.45) is -0.440. The SMILES string of the molecule is COCc1ccccc1C(=O)N[C@@H](CC(=O)OC)C(=O)O. The molecule has 0 saturated heterocycles. The van der Waals surface area contributed by atoms with E-state index in [4.69, 9.17) is 9.84 Å². The zero-order valence-corrected chi connectivity index (χ0v) is 11.8. The molecule has 0 aliphatic heterocycles. The molecule has 1 rings (SSSR count). The second-order valence-electron chi connectivity index (χ2n) is 4.23. The van der Waals surface area contributed by atoms with Gasteiger partial charge in [-0.3, -0.25) is 9.59 Å². The topological polar surface area (TPSA) is 102 Å². The Kier molecular flexibility index (Phi) is 6.35. The van der Waals surface area contributed by atoms with Crippen LogP contribution in [0.15, 0.2) is 24.3 Å². The number of carboxylic acids is 1. The lowest BCUT2D eigenvalue weighted by atomic mass is 10.1. The number of hydrogen-bond acceptors (Lipinski definition) is 5. The average molecular weight is 295 g/mol. The van der Waals surface area contributed by atoms with Crippen LogP contribution in [0.1, 0.15) is 22.3 Å².